The summed E-state index contributed by atoms with van der Waals surface area (Å²) < 4.78 is 24.2. The molecule has 172 valence electrons. The first-order chi connectivity index (χ1) is 16.7. The zero-order chi connectivity index (χ0) is 23.1. The Balaban J connectivity index is 1.31. The molecule has 3 heterocycles. The Bertz CT molecular complexity index is 1280. The molecule has 0 amide bonds. The van der Waals surface area contributed by atoms with Crippen molar-refractivity contribution < 1.29 is 19.0 Å². The van der Waals surface area contributed by atoms with E-state index in [1.807, 2.05) is 12.1 Å². The predicted octanol–water partition coefficient (Wildman–Crippen LogP) is 4.30. The van der Waals surface area contributed by atoms with Crippen LogP contribution in [0.3, 0.4) is 0 Å². The molecule has 0 bridgehead atoms. The maximum absolute atomic E-state index is 13.2. The van der Waals surface area contributed by atoms with Crippen LogP contribution in [0.5, 0.6) is 11.5 Å². The Morgan fingerprint density at radius 1 is 0.971 bits per heavy atom. The lowest BCUT2D eigenvalue weighted by Gasteiger charge is -2.39. The topological polar surface area (TPSA) is 54.0 Å². The third kappa shape index (κ3) is 3.87. The summed E-state index contributed by atoms with van der Waals surface area (Å²) in [5.74, 6) is 8.00. The van der Waals surface area contributed by atoms with Crippen molar-refractivity contribution in [1.82, 2.24) is 4.90 Å². The molecule has 3 aromatic rings. The number of aliphatic hydroxyl groups is 1. The van der Waals surface area contributed by atoms with Crippen molar-refractivity contribution in [3.63, 3.8) is 0 Å². The summed E-state index contributed by atoms with van der Waals surface area (Å²) in [6.07, 6.45) is 1.01. The van der Waals surface area contributed by atoms with Crippen LogP contribution in [-0.2, 0) is 6.54 Å². The van der Waals surface area contributed by atoms with Gasteiger partial charge in [0.25, 0.3) is 0 Å². The number of aliphatic hydroxyl groups excluding tert-OH is 1. The highest BCUT2D eigenvalue weighted by Crippen LogP contribution is 2.47. The van der Waals surface area contributed by atoms with Crippen LogP contribution in [0.25, 0.3) is 0 Å². The quantitative estimate of drug-likeness (QED) is 0.576. The number of anilines is 1. The first-order valence-corrected chi connectivity index (χ1v) is 11.6. The normalized spacial score (nSPS) is 22.4. The average Bonchev–Trinajstić information content (AvgIpc) is 3.50. The minimum absolute atomic E-state index is 0.0235. The number of rotatable bonds is 3. The Morgan fingerprint density at radius 3 is 2.62 bits per heavy atom. The summed E-state index contributed by atoms with van der Waals surface area (Å²) in [7, 11) is 0. The lowest BCUT2D eigenvalue weighted by Crippen LogP contribution is -2.41. The van der Waals surface area contributed by atoms with E-state index < -0.39 is 0 Å². The van der Waals surface area contributed by atoms with Crippen molar-refractivity contribution >= 4 is 5.69 Å². The number of halogens is 1. The van der Waals surface area contributed by atoms with Gasteiger partial charge >= 0.3 is 0 Å². The number of likely N-dealkylation sites (tertiary alicyclic amines) is 1. The van der Waals surface area contributed by atoms with E-state index in [4.69, 9.17) is 9.47 Å². The van der Waals surface area contributed by atoms with E-state index in [1.165, 1.54) is 23.3 Å². The standard InChI is InChI=1S/C28H25FN2O3/c29-21-7-3-18(4-8-21)1-2-19-5-9-24-23(13-19)28-22(25(16-32)30-24)11-12-31(28)15-20-6-10-26-27(14-20)34-17-33-26/h3-10,13-14,22,25,28,30,32H,11-12,15-17H2/t22-,25+,28-/m1/s1. The molecule has 0 aromatic heterocycles. The third-order valence-electron chi connectivity index (χ3n) is 6.99. The molecule has 0 saturated carbocycles. The summed E-state index contributed by atoms with van der Waals surface area (Å²) in [6, 6.07) is 18.8. The van der Waals surface area contributed by atoms with Crippen molar-refractivity contribution in [2.24, 2.45) is 5.92 Å². The summed E-state index contributed by atoms with van der Waals surface area (Å²) in [6.45, 7) is 2.12. The monoisotopic (exact) mass is 456 g/mol. The van der Waals surface area contributed by atoms with Gasteiger partial charge in [0.2, 0.25) is 6.79 Å². The zero-order valence-electron chi connectivity index (χ0n) is 18.6. The first kappa shape index (κ1) is 21.0. The predicted molar refractivity (Wildman–Crippen MR) is 127 cm³/mol. The van der Waals surface area contributed by atoms with Crippen LogP contribution in [0.2, 0.25) is 0 Å². The number of hydrogen-bond donors (Lipinski definition) is 2. The summed E-state index contributed by atoms with van der Waals surface area (Å²) in [5.41, 5.74) is 5.13. The lowest BCUT2D eigenvalue weighted by molar-refractivity contribution is 0.171. The highest BCUT2D eigenvalue weighted by Gasteiger charge is 2.43. The van der Waals surface area contributed by atoms with Gasteiger partial charge in [0.1, 0.15) is 5.82 Å². The van der Waals surface area contributed by atoms with Gasteiger partial charge in [-0.05, 0) is 78.7 Å². The van der Waals surface area contributed by atoms with Gasteiger partial charge in [-0.1, -0.05) is 17.9 Å². The third-order valence-corrected chi connectivity index (χ3v) is 6.99. The van der Waals surface area contributed by atoms with Crippen molar-refractivity contribution in [1.29, 1.82) is 0 Å². The number of fused-ring (bicyclic) bond motifs is 4. The Morgan fingerprint density at radius 2 is 1.76 bits per heavy atom. The Hall–Kier alpha value is -3.53. The highest BCUT2D eigenvalue weighted by atomic mass is 19.1. The van der Waals surface area contributed by atoms with Gasteiger partial charge in [-0.25, -0.2) is 4.39 Å². The fourth-order valence-electron chi connectivity index (χ4n) is 5.36. The van der Waals surface area contributed by atoms with Crippen LogP contribution >= 0.6 is 0 Å². The molecule has 0 unspecified atom stereocenters. The second kappa shape index (κ2) is 8.68. The number of nitrogens with one attached hydrogen (secondary N) is 1. The molecule has 6 rings (SSSR count). The van der Waals surface area contributed by atoms with E-state index in [0.717, 1.165) is 47.8 Å². The van der Waals surface area contributed by atoms with Gasteiger partial charge in [-0.2, -0.15) is 0 Å². The van der Waals surface area contributed by atoms with Crippen LogP contribution < -0.4 is 14.8 Å². The van der Waals surface area contributed by atoms with E-state index in [9.17, 15) is 9.50 Å². The van der Waals surface area contributed by atoms with Crippen molar-refractivity contribution in [3.05, 3.63) is 88.7 Å². The smallest absolute Gasteiger partial charge is 0.231 e. The van der Waals surface area contributed by atoms with Crippen molar-refractivity contribution in [2.75, 3.05) is 25.3 Å². The van der Waals surface area contributed by atoms with Gasteiger partial charge in [0.05, 0.1) is 12.6 Å². The highest BCUT2D eigenvalue weighted by molar-refractivity contribution is 5.60. The molecule has 0 aliphatic carbocycles. The van der Waals surface area contributed by atoms with Crippen molar-refractivity contribution in [2.45, 2.75) is 25.0 Å². The minimum atomic E-state index is -0.265. The van der Waals surface area contributed by atoms with E-state index in [0.29, 0.717) is 5.92 Å². The molecule has 34 heavy (non-hydrogen) atoms. The molecule has 3 aliphatic rings. The molecule has 1 saturated heterocycles. The zero-order valence-corrected chi connectivity index (χ0v) is 18.6. The summed E-state index contributed by atoms with van der Waals surface area (Å²) in [5, 5.41) is 13.6. The number of benzene rings is 3. The maximum Gasteiger partial charge on any atom is 0.231 e. The van der Waals surface area contributed by atoms with Crippen LogP contribution in [-0.4, -0.2) is 36.0 Å². The minimum Gasteiger partial charge on any atom is -0.454 e. The summed E-state index contributed by atoms with van der Waals surface area (Å²) >= 11 is 0. The number of nitrogens with zero attached hydrogens (tertiary/aromatic N) is 1. The fourth-order valence-corrected chi connectivity index (χ4v) is 5.36. The molecule has 3 aromatic carbocycles. The Labute approximate surface area is 198 Å². The molecule has 3 aliphatic heterocycles. The van der Waals surface area contributed by atoms with Gasteiger partial charge in [0.15, 0.2) is 11.5 Å². The van der Waals surface area contributed by atoms with Crippen LogP contribution in [0.4, 0.5) is 10.1 Å². The molecule has 0 spiro atoms. The van der Waals surface area contributed by atoms with E-state index in [2.05, 4.69) is 46.3 Å². The fraction of sp³-hybridized carbons (Fsp3) is 0.286. The van der Waals surface area contributed by atoms with Gasteiger partial charge in [0, 0.05) is 35.3 Å². The van der Waals surface area contributed by atoms with E-state index in [-0.39, 0.29) is 31.3 Å². The van der Waals surface area contributed by atoms with Gasteiger partial charge < -0.3 is 19.9 Å². The molecule has 2 N–H and O–H groups in total. The van der Waals surface area contributed by atoms with Crippen molar-refractivity contribution in [3.8, 4) is 23.3 Å². The molecular weight excluding hydrogens is 431 g/mol. The number of hydrogen-bond acceptors (Lipinski definition) is 5. The molecule has 0 radical (unpaired) electrons. The second-order valence-corrected chi connectivity index (χ2v) is 9.05. The summed E-state index contributed by atoms with van der Waals surface area (Å²) in [4.78, 5) is 2.49. The maximum atomic E-state index is 13.2. The van der Waals surface area contributed by atoms with Crippen LogP contribution in [0.1, 0.15) is 34.7 Å². The van der Waals surface area contributed by atoms with Crippen LogP contribution in [0.15, 0.2) is 60.7 Å². The van der Waals surface area contributed by atoms with E-state index >= 15 is 0 Å². The second-order valence-electron chi connectivity index (χ2n) is 9.05. The molecule has 5 nitrogen and oxygen atoms in total. The largest absolute Gasteiger partial charge is 0.454 e. The van der Waals surface area contributed by atoms with Gasteiger partial charge in [-0.15, -0.1) is 0 Å². The molecule has 6 heteroatoms. The van der Waals surface area contributed by atoms with Gasteiger partial charge in [-0.3, -0.25) is 4.90 Å². The number of ether oxygens (including phenoxy) is 2. The lowest BCUT2D eigenvalue weighted by atomic mass is 9.82. The SMILES string of the molecule is OC[C@@H]1Nc2ccc(C#Cc3ccc(F)cc3)cc2[C@H]2[C@@H]1CCN2Cc1ccc2c(c1)OCO2. The Kier molecular flexibility index (Phi) is 5.37. The molecule has 3 atom stereocenters. The first-order valence-electron chi connectivity index (χ1n) is 11.6. The average molecular weight is 457 g/mol. The molecular formula is C28H25FN2O3. The van der Waals surface area contributed by atoms with E-state index in [1.54, 1.807) is 12.1 Å². The van der Waals surface area contributed by atoms with Crippen LogP contribution in [0, 0.1) is 23.6 Å². The molecule has 1 fully saturated rings.